The van der Waals surface area contributed by atoms with Crippen LogP contribution in [-0.2, 0) is 6.54 Å². The number of pyridine rings is 1. The van der Waals surface area contributed by atoms with Crippen LogP contribution in [0.4, 0.5) is 5.82 Å². The molecule has 0 amide bonds. The largest absolute Gasteiger partial charge is 0.461 e. The summed E-state index contributed by atoms with van der Waals surface area (Å²) in [5.74, 6) is 3.28. The summed E-state index contributed by atoms with van der Waals surface area (Å²) >= 11 is 0. The lowest BCUT2D eigenvalue weighted by Gasteiger charge is -2.14. The molecule has 3 aromatic rings. The first-order valence-electron chi connectivity index (χ1n) is 8.51. The molecular formula is C18H21N5O2. The molecule has 130 valence electrons. The monoisotopic (exact) mass is 339 g/mol. The van der Waals surface area contributed by atoms with Crippen LogP contribution in [-0.4, -0.2) is 39.7 Å². The molecule has 7 heteroatoms. The minimum atomic E-state index is 0.503. The van der Waals surface area contributed by atoms with E-state index in [0.29, 0.717) is 29.9 Å². The van der Waals surface area contributed by atoms with Gasteiger partial charge in [0.2, 0.25) is 11.7 Å². The fourth-order valence-electron chi connectivity index (χ4n) is 3.06. The van der Waals surface area contributed by atoms with Gasteiger partial charge < -0.3 is 14.3 Å². The maximum absolute atomic E-state index is 5.34. The van der Waals surface area contributed by atoms with E-state index in [0.717, 1.165) is 31.9 Å². The highest BCUT2D eigenvalue weighted by Crippen LogP contribution is 2.21. The van der Waals surface area contributed by atoms with Gasteiger partial charge in [0.15, 0.2) is 5.76 Å². The highest BCUT2D eigenvalue weighted by atomic mass is 16.5. The number of anilines is 1. The van der Waals surface area contributed by atoms with E-state index in [1.807, 2.05) is 31.3 Å². The molecule has 1 atom stereocenters. The molecule has 25 heavy (non-hydrogen) atoms. The van der Waals surface area contributed by atoms with Gasteiger partial charge in [-0.25, -0.2) is 4.98 Å². The van der Waals surface area contributed by atoms with Crippen molar-refractivity contribution in [1.29, 1.82) is 0 Å². The van der Waals surface area contributed by atoms with Crippen LogP contribution in [0.3, 0.4) is 0 Å². The van der Waals surface area contributed by atoms with Gasteiger partial charge in [-0.15, -0.1) is 0 Å². The summed E-state index contributed by atoms with van der Waals surface area (Å²) < 4.78 is 10.6. The van der Waals surface area contributed by atoms with Crippen molar-refractivity contribution in [1.82, 2.24) is 20.0 Å². The summed E-state index contributed by atoms with van der Waals surface area (Å²) in [5, 5.41) is 7.39. The van der Waals surface area contributed by atoms with E-state index in [2.05, 4.69) is 31.4 Å². The third kappa shape index (κ3) is 3.88. The molecule has 1 fully saturated rings. The second-order valence-corrected chi connectivity index (χ2v) is 6.48. The normalized spacial score (nSPS) is 17.9. The van der Waals surface area contributed by atoms with Crippen molar-refractivity contribution in [3.05, 3.63) is 48.2 Å². The van der Waals surface area contributed by atoms with Gasteiger partial charge in [0, 0.05) is 19.3 Å². The van der Waals surface area contributed by atoms with Crippen molar-refractivity contribution >= 4 is 5.82 Å². The van der Waals surface area contributed by atoms with Crippen molar-refractivity contribution in [3.8, 4) is 11.6 Å². The highest BCUT2D eigenvalue weighted by Gasteiger charge is 2.24. The lowest BCUT2D eigenvalue weighted by atomic mass is 10.1. The summed E-state index contributed by atoms with van der Waals surface area (Å²) in [7, 11) is 0. The lowest BCUT2D eigenvalue weighted by molar-refractivity contribution is 0.261. The zero-order valence-corrected chi connectivity index (χ0v) is 14.2. The molecule has 0 saturated carbocycles. The van der Waals surface area contributed by atoms with Gasteiger partial charge in [0.1, 0.15) is 5.82 Å². The number of nitrogens with zero attached hydrogens (tertiary/aromatic N) is 4. The number of hydrogen-bond donors (Lipinski definition) is 1. The zero-order valence-electron chi connectivity index (χ0n) is 14.2. The first kappa shape index (κ1) is 15.8. The molecule has 1 aliphatic rings. The van der Waals surface area contributed by atoms with Crippen LogP contribution in [0.2, 0.25) is 0 Å². The number of nitrogens with one attached hydrogen (secondary N) is 1. The number of aromatic nitrogens is 3. The summed E-state index contributed by atoms with van der Waals surface area (Å²) in [6.07, 6.45) is 4.64. The fourth-order valence-corrected chi connectivity index (χ4v) is 3.06. The van der Waals surface area contributed by atoms with Crippen LogP contribution in [0.1, 0.15) is 17.9 Å². The molecule has 1 unspecified atom stereocenters. The molecule has 0 radical (unpaired) electrons. The Kier molecular flexibility index (Phi) is 4.47. The highest BCUT2D eigenvalue weighted by molar-refractivity contribution is 5.44. The Labute approximate surface area is 146 Å². The minimum Gasteiger partial charge on any atom is -0.461 e. The Morgan fingerprint density at radius 1 is 1.32 bits per heavy atom. The van der Waals surface area contributed by atoms with Crippen molar-refractivity contribution in [2.75, 3.05) is 25.0 Å². The van der Waals surface area contributed by atoms with Crippen LogP contribution in [0.25, 0.3) is 11.6 Å². The number of likely N-dealkylation sites (tertiary alicyclic amines) is 1. The molecule has 1 N–H and O–H groups in total. The zero-order chi connectivity index (χ0) is 17.1. The van der Waals surface area contributed by atoms with E-state index < -0.39 is 0 Å². The maximum Gasteiger partial charge on any atom is 0.241 e. The minimum absolute atomic E-state index is 0.503. The summed E-state index contributed by atoms with van der Waals surface area (Å²) in [6.45, 7) is 5.69. The van der Waals surface area contributed by atoms with E-state index in [1.165, 1.54) is 5.56 Å². The van der Waals surface area contributed by atoms with Gasteiger partial charge in [-0.2, -0.15) is 4.98 Å². The standard InChI is InChI=1S/C18H21N5O2/c1-13-4-5-16(19-9-13)20-10-14-6-7-23(11-14)12-17-21-18(22-25-17)15-3-2-8-24-15/h2-5,8-9,14H,6-7,10-12H2,1H3,(H,19,20). The van der Waals surface area contributed by atoms with Gasteiger partial charge in [0.05, 0.1) is 12.8 Å². The van der Waals surface area contributed by atoms with Gasteiger partial charge in [0.25, 0.3) is 0 Å². The first-order valence-corrected chi connectivity index (χ1v) is 8.51. The number of aryl methyl sites for hydroxylation is 1. The molecule has 7 nitrogen and oxygen atoms in total. The Hall–Kier alpha value is -2.67. The molecular weight excluding hydrogens is 318 g/mol. The summed E-state index contributed by atoms with van der Waals surface area (Å²) in [4.78, 5) is 11.1. The third-order valence-corrected chi connectivity index (χ3v) is 4.42. The number of furan rings is 1. The van der Waals surface area contributed by atoms with Crippen molar-refractivity contribution in [2.24, 2.45) is 5.92 Å². The van der Waals surface area contributed by atoms with Crippen LogP contribution >= 0.6 is 0 Å². The van der Waals surface area contributed by atoms with Gasteiger partial charge in [-0.3, -0.25) is 4.90 Å². The van der Waals surface area contributed by atoms with E-state index in [9.17, 15) is 0 Å². The van der Waals surface area contributed by atoms with E-state index in [-0.39, 0.29) is 0 Å². The molecule has 0 bridgehead atoms. The van der Waals surface area contributed by atoms with E-state index in [1.54, 1.807) is 6.26 Å². The molecule has 4 rings (SSSR count). The van der Waals surface area contributed by atoms with Crippen molar-refractivity contribution < 1.29 is 8.94 Å². The average molecular weight is 339 g/mol. The van der Waals surface area contributed by atoms with Crippen LogP contribution < -0.4 is 5.32 Å². The number of hydrogen-bond acceptors (Lipinski definition) is 7. The quantitative estimate of drug-likeness (QED) is 0.739. The van der Waals surface area contributed by atoms with Crippen LogP contribution in [0.15, 0.2) is 45.7 Å². The Bertz CT molecular complexity index is 797. The summed E-state index contributed by atoms with van der Waals surface area (Å²) in [5.41, 5.74) is 1.17. The predicted molar refractivity (Wildman–Crippen MR) is 92.8 cm³/mol. The SMILES string of the molecule is Cc1ccc(NCC2CCN(Cc3nc(-c4ccco4)no3)C2)nc1. The molecule has 0 aromatic carbocycles. The van der Waals surface area contributed by atoms with Crippen LogP contribution in [0, 0.1) is 12.8 Å². The first-order chi connectivity index (χ1) is 12.3. The third-order valence-electron chi connectivity index (χ3n) is 4.42. The smallest absolute Gasteiger partial charge is 0.241 e. The Morgan fingerprint density at radius 2 is 2.28 bits per heavy atom. The molecule has 3 aromatic heterocycles. The molecule has 0 spiro atoms. The second kappa shape index (κ2) is 7.06. The molecule has 1 aliphatic heterocycles. The second-order valence-electron chi connectivity index (χ2n) is 6.48. The van der Waals surface area contributed by atoms with Gasteiger partial charge in [-0.1, -0.05) is 11.2 Å². The van der Waals surface area contributed by atoms with Gasteiger partial charge >= 0.3 is 0 Å². The topological polar surface area (TPSA) is 80.2 Å². The van der Waals surface area contributed by atoms with E-state index >= 15 is 0 Å². The van der Waals surface area contributed by atoms with Crippen molar-refractivity contribution in [3.63, 3.8) is 0 Å². The van der Waals surface area contributed by atoms with E-state index in [4.69, 9.17) is 8.94 Å². The Balaban J connectivity index is 1.27. The molecule has 4 heterocycles. The Morgan fingerprint density at radius 3 is 3.08 bits per heavy atom. The number of rotatable bonds is 6. The predicted octanol–water partition coefficient (Wildman–Crippen LogP) is 2.97. The van der Waals surface area contributed by atoms with Crippen molar-refractivity contribution in [2.45, 2.75) is 19.9 Å². The summed E-state index contributed by atoms with van der Waals surface area (Å²) in [6, 6.07) is 7.73. The lowest BCUT2D eigenvalue weighted by Crippen LogP contribution is -2.23. The maximum atomic E-state index is 5.34. The molecule has 0 aliphatic carbocycles. The molecule has 1 saturated heterocycles. The van der Waals surface area contributed by atoms with Gasteiger partial charge in [-0.05, 0) is 49.6 Å². The van der Waals surface area contributed by atoms with Crippen LogP contribution in [0.5, 0.6) is 0 Å². The average Bonchev–Trinajstić information content (AvgIpc) is 3.36. The fraction of sp³-hybridized carbons (Fsp3) is 0.389.